The van der Waals surface area contributed by atoms with E-state index < -0.39 is 21.5 Å². The van der Waals surface area contributed by atoms with Crippen molar-refractivity contribution < 1.29 is 22.0 Å². The summed E-state index contributed by atoms with van der Waals surface area (Å²) in [5.41, 5.74) is 0.442. The first-order valence-corrected chi connectivity index (χ1v) is 8.56. The maximum Gasteiger partial charge on any atom is 0.224 e. The Kier molecular flexibility index (Phi) is 5.44. The molecule has 23 heavy (non-hydrogen) atoms. The van der Waals surface area contributed by atoms with Crippen LogP contribution < -0.4 is 5.32 Å². The summed E-state index contributed by atoms with van der Waals surface area (Å²) in [4.78, 5) is 11.7. The molecule has 1 N–H and O–H groups in total. The molecule has 0 aromatic heterocycles. The third-order valence-electron chi connectivity index (χ3n) is 3.12. The quantitative estimate of drug-likeness (QED) is 0.822. The van der Waals surface area contributed by atoms with E-state index in [-0.39, 0.29) is 29.4 Å². The van der Waals surface area contributed by atoms with Crippen LogP contribution in [0.4, 0.5) is 14.5 Å². The number of halogens is 2. The van der Waals surface area contributed by atoms with Crippen LogP contribution in [-0.2, 0) is 14.6 Å². The number of nitrogens with one attached hydrogen (secondary N) is 1. The van der Waals surface area contributed by atoms with E-state index in [2.05, 4.69) is 5.32 Å². The monoisotopic (exact) mass is 339 g/mol. The summed E-state index contributed by atoms with van der Waals surface area (Å²) in [7, 11) is -3.55. The van der Waals surface area contributed by atoms with E-state index in [9.17, 15) is 22.0 Å². The topological polar surface area (TPSA) is 63.2 Å². The van der Waals surface area contributed by atoms with Crippen molar-refractivity contribution in [2.24, 2.45) is 0 Å². The van der Waals surface area contributed by atoms with Crippen LogP contribution >= 0.6 is 0 Å². The molecule has 2 rings (SSSR count). The van der Waals surface area contributed by atoms with E-state index >= 15 is 0 Å². The van der Waals surface area contributed by atoms with E-state index in [1.807, 2.05) is 0 Å². The van der Waals surface area contributed by atoms with Crippen molar-refractivity contribution in [3.8, 4) is 0 Å². The molecular formula is C16H15F2NO3S. The molecule has 122 valence electrons. The van der Waals surface area contributed by atoms with Crippen molar-refractivity contribution >= 4 is 21.4 Å². The average molecular weight is 339 g/mol. The lowest BCUT2D eigenvalue weighted by Crippen LogP contribution is -2.14. The molecule has 1 amide bonds. The minimum atomic E-state index is -3.55. The fraction of sp³-hybridized carbons (Fsp3) is 0.188. The number of benzene rings is 2. The standard InChI is InChI=1S/C16H15F2NO3S/c17-12-3-7-14(8-4-12)19-16(20)2-1-11-23(21,22)15-9-5-13(18)6-10-15/h3-10H,1-2,11H2,(H,19,20). The van der Waals surface area contributed by atoms with Gasteiger partial charge < -0.3 is 5.32 Å². The van der Waals surface area contributed by atoms with Crippen LogP contribution in [0, 0.1) is 11.6 Å². The Labute approximate surface area is 133 Å². The first kappa shape index (κ1) is 17.1. The molecule has 7 heteroatoms. The summed E-state index contributed by atoms with van der Waals surface area (Å²) in [6.07, 6.45) is 0.143. The van der Waals surface area contributed by atoms with Gasteiger partial charge in [0.1, 0.15) is 11.6 Å². The van der Waals surface area contributed by atoms with Crippen molar-refractivity contribution in [2.45, 2.75) is 17.7 Å². The molecule has 2 aromatic carbocycles. The number of anilines is 1. The summed E-state index contributed by atoms with van der Waals surface area (Å²) in [5, 5.41) is 2.55. The number of carbonyl (C=O) groups is 1. The van der Waals surface area contributed by atoms with Gasteiger partial charge in [-0.15, -0.1) is 0 Å². The maximum absolute atomic E-state index is 12.8. The van der Waals surface area contributed by atoms with E-state index in [0.717, 1.165) is 12.1 Å². The van der Waals surface area contributed by atoms with Gasteiger partial charge in [0, 0.05) is 12.1 Å². The average Bonchev–Trinajstić information content (AvgIpc) is 2.50. The van der Waals surface area contributed by atoms with Gasteiger partial charge in [0.25, 0.3) is 0 Å². The highest BCUT2D eigenvalue weighted by molar-refractivity contribution is 7.91. The summed E-state index contributed by atoms with van der Waals surface area (Å²) < 4.78 is 49.6. The number of hydrogen-bond acceptors (Lipinski definition) is 3. The number of hydrogen-bond donors (Lipinski definition) is 1. The van der Waals surface area contributed by atoms with Crippen LogP contribution in [0.3, 0.4) is 0 Å². The molecule has 0 saturated carbocycles. The van der Waals surface area contributed by atoms with Gasteiger partial charge in [0.2, 0.25) is 5.91 Å². The van der Waals surface area contributed by atoms with Gasteiger partial charge in [0.05, 0.1) is 10.6 Å². The highest BCUT2D eigenvalue weighted by atomic mass is 32.2. The Bertz CT molecular complexity index is 772. The number of sulfone groups is 1. The van der Waals surface area contributed by atoms with Gasteiger partial charge >= 0.3 is 0 Å². The molecule has 0 aliphatic carbocycles. The zero-order chi connectivity index (χ0) is 16.9. The van der Waals surface area contributed by atoms with Crippen LogP contribution in [0.25, 0.3) is 0 Å². The lowest BCUT2D eigenvalue weighted by atomic mass is 10.3. The minimum Gasteiger partial charge on any atom is -0.326 e. The van der Waals surface area contributed by atoms with Gasteiger partial charge in [-0.05, 0) is 55.0 Å². The van der Waals surface area contributed by atoms with Gasteiger partial charge in [0.15, 0.2) is 9.84 Å². The van der Waals surface area contributed by atoms with Gasteiger partial charge in [-0.1, -0.05) is 0 Å². The zero-order valence-corrected chi connectivity index (χ0v) is 12.9. The first-order valence-electron chi connectivity index (χ1n) is 6.90. The Morgan fingerprint density at radius 1 is 0.913 bits per heavy atom. The first-order chi connectivity index (χ1) is 10.9. The van der Waals surface area contributed by atoms with Gasteiger partial charge in [-0.3, -0.25) is 4.79 Å². The second-order valence-electron chi connectivity index (χ2n) is 4.93. The lowest BCUT2D eigenvalue weighted by molar-refractivity contribution is -0.116. The van der Waals surface area contributed by atoms with Crippen LogP contribution in [-0.4, -0.2) is 20.1 Å². The molecule has 0 fully saturated rings. The lowest BCUT2D eigenvalue weighted by Gasteiger charge is -2.06. The molecule has 0 heterocycles. The van der Waals surface area contributed by atoms with Crippen molar-refractivity contribution in [3.63, 3.8) is 0 Å². The van der Waals surface area contributed by atoms with Gasteiger partial charge in [-0.25, -0.2) is 17.2 Å². The summed E-state index contributed by atoms with van der Waals surface area (Å²) in [6.45, 7) is 0. The smallest absolute Gasteiger partial charge is 0.224 e. The summed E-state index contributed by atoms with van der Waals surface area (Å²) in [5.74, 6) is -1.49. The fourth-order valence-electron chi connectivity index (χ4n) is 1.94. The molecule has 0 unspecified atom stereocenters. The van der Waals surface area contributed by atoms with Crippen molar-refractivity contribution in [1.29, 1.82) is 0 Å². The third-order valence-corrected chi connectivity index (χ3v) is 4.93. The second kappa shape index (κ2) is 7.32. The number of amides is 1. The normalized spacial score (nSPS) is 11.2. The molecule has 4 nitrogen and oxygen atoms in total. The van der Waals surface area contributed by atoms with Gasteiger partial charge in [-0.2, -0.15) is 0 Å². The fourth-order valence-corrected chi connectivity index (χ4v) is 3.25. The summed E-state index contributed by atoms with van der Waals surface area (Å²) in [6, 6.07) is 9.82. The predicted molar refractivity (Wildman–Crippen MR) is 82.7 cm³/mol. The highest BCUT2D eigenvalue weighted by Gasteiger charge is 2.15. The highest BCUT2D eigenvalue weighted by Crippen LogP contribution is 2.14. The Hall–Kier alpha value is -2.28. The van der Waals surface area contributed by atoms with E-state index in [1.165, 1.54) is 36.4 Å². The van der Waals surface area contributed by atoms with Crippen LogP contribution in [0.15, 0.2) is 53.4 Å². The zero-order valence-electron chi connectivity index (χ0n) is 12.1. The van der Waals surface area contributed by atoms with Crippen molar-refractivity contribution in [2.75, 3.05) is 11.1 Å². The Morgan fingerprint density at radius 3 is 2.00 bits per heavy atom. The maximum atomic E-state index is 12.8. The SMILES string of the molecule is O=C(CCCS(=O)(=O)c1ccc(F)cc1)Nc1ccc(F)cc1. The molecule has 0 aliphatic heterocycles. The second-order valence-corrected chi connectivity index (χ2v) is 7.04. The third kappa shape index (κ3) is 5.14. The van der Waals surface area contributed by atoms with Crippen molar-refractivity contribution in [3.05, 3.63) is 60.2 Å². The molecule has 0 radical (unpaired) electrons. The molecule has 0 bridgehead atoms. The minimum absolute atomic E-state index is 0.0117. The van der Waals surface area contributed by atoms with E-state index in [0.29, 0.717) is 5.69 Å². The molecule has 0 spiro atoms. The molecule has 0 atom stereocenters. The Morgan fingerprint density at radius 2 is 1.43 bits per heavy atom. The summed E-state index contributed by atoms with van der Waals surface area (Å²) >= 11 is 0. The van der Waals surface area contributed by atoms with Crippen molar-refractivity contribution in [1.82, 2.24) is 0 Å². The van der Waals surface area contributed by atoms with E-state index in [4.69, 9.17) is 0 Å². The Balaban J connectivity index is 1.85. The van der Waals surface area contributed by atoms with Crippen LogP contribution in [0.1, 0.15) is 12.8 Å². The molecular weight excluding hydrogens is 324 g/mol. The molecule has 0 aliphatic rings. The van der Waals surface area contributed by atoms with Crippen LogP contribution in [0.5, 0.6) is 0 Å². The largest absolute Gasteiger partial charge is 0.326 e. The predicted octanol–water partition coefficient (Wildman–Crippen LogP) is 3.16. The number of carbonyl (C=O) groups excluding carboxylic acids is 1. The van der Waals surface area contributed by atoms with E-state index in [1.54, 1.807) is 0 Å². The molecule has 2 aromatic rings. The number of rotatable bonds is 6. The van der Waals surface area contributed by atoms with Crippen LogP contribution in [0.2, 0.25) is 0 Å². The molecule has 0 saturated heterocycles.